The average molecular weight is 216 g/mol. The molecule has 3 heteroatoms. The van der Waals surface area contributed by atoms with Crippen LogP contribution in [0.4, 0.5) is 0 Å². The fraction of sp³-hybridized carbons (Fsp3) is 0.917. The molecular weight excluding hydrogens is 192 g/mol. The largest absolute Gasteiger partial charge is 0.481 e. The van der Waals surface area contributed by atoms with Crippen LogP contribution in [0.3, 0.4) is 0 Å². The van der Waals surface area contributed by atoms with E-state index in [2.05, 4.69) is 6.92 Å². The van der Waals surface area contributed by atoms with Crippen molar-refractivity contribution in [3.63, 3.8) is 0 Å². The van der Waals surface area contributed by atoms with E-state index in [0.717, 1.165) is 19.3 Å². The van der Waals surface area contributed by atoms with Crippen LogP contribution < -0.4 is 0 Å². The predicted molar refractivity (Wildman–Crippen MR) is 60.8 cm³/mol. The van der Waals surface area contributed by atoms with Gasteiger partial charge in [-0.2, -0.15) is 0 Å². The average Bonchev–Trinajstić information content (AvgIpc) is 2.22. The van der Waals surface area contributed by atoms with E-state index in [9.17, 15) is 9.90 Å². The van der Waals surface area contributed by atoms with Crippen LogP contribution in [0.25, 0.3) is 0 Å². The summed E-state index contributed by atoms with van der Waals surface area (Å²) in [5.41, 5.74) is -0.692. The summed E-state index contributed by atoms with van der Waals surface area (Å²) in [5, 5.41) is 18.1. The third-order valence-electron chi connectivity index (χ3n) is 3.23. The van der Waals surface area contributed by atoms with Crippen molar-refractivity contribution < 1.29 is 15.0 Å². The number of hydrogen-bond acceptors (Lipinski definition) is 2. The summed E-state index contributed by atoms with van der Waals surface area (Å²) in [6, 6.07) is 0. The molecule has 3 nitrogen and oxygen atoms in total. The Hall–Kier alpha value is -0.570. The molecule has 0 aliphatic rings. The lowest BCUT2D eigenvalue weighted by atomic mass is 9.77. The van der Waals surface area contributed by atoms with Gasteiger partial charge in [0.15, 0.2) is 0 Å². The molecule has 0 radical (unpaired) electrons. The van der Waals surface area contributed by atoms with Crippen molar-refractivity contribution in [3.05, 3.63) is 0 Å². The number of hydrogen-bond donors (Lipinski definition) is 2. The fourth-order valence-electron chi connectivity index (χ4n) is 1.95. The molecule has 1 unspecified atom stereocenters. The van der Waals surface area contributed by atoms with Gasteiger partial charge in [-0.25, -0.2) is 0 Å². The molecule has 0 saturated carbocycles. The minimum Gasteiger partial charge on any atom is -0.481 e. The molecule has 0 heterocycles. The van der Waals surface area contributed by atoms with Gasteiger partial charge in [0.25, 0.3) is 0 Å². The Morgan fingerprint density at radius 1 is 1.13 bits per heavy atom. The summed E-state index contributed by atoms with van der Waals surface area (Å²) in [4.78, 5) is 11.2. The monoisotopic (exact) mass is 216 g/mol. The van der Waals surface area contributed by atoms with Gasteiger partial charge in [-0.1, -0.05) is 39.5 Å². The highest BCUT2D eigenvalue weighted by atomic mass is 16.4. The Balaban J connectivity index is 4.16. The van der Waals surface area contributed by atoms with Crippen LogP contribution in [0.5, 0.6) is 0 Å². The van der Waals surface area contributed by atoms with E-state index in [0.29, 0.717) is 19.3 Å². The van der Waals surface area contributed by atoms with Crippen LogP contribution in [0.1, 0.15) is 58.8 Å². The molecule has 90 valence electrons. The van der Waals surface area contributed by atoms with Crippen LogP contribution >= 0.6 is 0 Å². The van der Waals surface area contributed by atoms with Gasteiger partial charge >= 0.3 is 5.97 Å². The van der Waals surface area contributed by atoms with E-state index >= 15 is 0 Å². The van der Waals surface area contributed by atoms with E-state index in [4.69, 9.17) is 5.11 Å². The molecule has 0 amide bonds. The summed E-state index contributed by atoms with van der Waals surface area (Å²) in [6.45, 7) is 4.00. The van der Waals surface area contributed by atoms with Gasteiger partial charge in [-0.3, -0.25) is 4.79 Å². The molecule has 2 N–H and O–H groups in total. The van der Waals surface area contributed by atoms with E-state index in [1.165, 1.54) is 6.42 Å². The highest BCUT2D eigenvalue weighted by Gasteiger charge is 2.35. The fourth-order valence-corrected chi connectivity index (χ4v) is 1.95. The second kappa shape index (κ2) is 7.69. The van der Waals surface area contributed by atoms with Crippen LogP contribution in [0, 0.1) is 5.41 Å². The molecule has 0 spiro atoms. The van der Waals surface area contributed by atoms with Crippen LogP contribution in [0.2, 0.25) is 0 Å². The SMILES string of the molecule is CCCCCCC(CC)(CCO)C(=O)O. The Morgan fingerprint density at radius 3 is 2.20 bits per heavy atom. The topological polar surface area (TPSA) is 57.5 Å². The van der Waals surface area contributed by atoms with Crippen molar-refractivity contribution in [2.45, 2.75) is 58.8 Å². The van der Waals surface area contributed by atoms with Crippen molar-refractivity contribution in [3.8, 4) is 0 Å². The van der Waals surface area contributed by atoms with E-state index in [-0.39, 0.29) is 6.61 Å². The molecule has 0 aromatic rings. The predicted octanol–water partition coefficient (Wildman–Crippen LogP) is 2.82. The van der Waals surface area contributed by atoms with Crippen LogP contribution in [-0.4, -0.2) is 22.8 Å². The summed E-state index contributed by atoms with van der Waals surface area (Å²) >= 11 is 0. The summed E-state index contributed by atoms with van der Waals surface area (Å²) in [5.74, 6) is -0.754. The zero-order chi connectivity index (χ0) is 11.7. The van der Waals surface area contributed by atoms with E-state index in [1.54, 1.807) is 0 Å². The van der Waals surface area contributed by atoms with Crippen molar-refractivity contribution in [2.75, 3.05) is 6.61 Å². The maximum atomic E-state index is 11.2. The number of carbonyl (C=O) groups is 1. The van der Waals surface area contributed by atoms with Gasteiger partial charge < -0.3 is 10.2 Å². The minimum atomic E-state index is -0.754. The van der Waals surface area contributed by atoms with Crippen molar-refractivity contribution >= 4 is 5.97 Å². The lowest BCUT2D eigenvalue weighted by molar-refractivity contribution is -0.151. The first-order valence-corrected chi connectivity index (χ1v) is 5.97. The maximum Gasteiger partial charge on any atom is 0.309 e. The third-order valence-corrected chi connectivity index (χ3v) is 3.23. The Bertz CT molecular complexity index is 180. The molecule has 0 rings (SSSR count). The van der Waals surface area contributed by atoms with Gasteiger partial charge in [0.1, 0.15) is 0 Å². The molecule has 0 bridgehead atoms. The van der Waals surface area contributed by atoms with E-state index in [1.807, 2.05) is 6.92 Å². The van der Waals surface area contributed by atoms with Gasteiger partial charge in [0, 0.05) is 6.61 Å². The van der Waals surface area contributed by atoms with Crippen LogP contribution in [-0.2, 0) is 4.79 Å². The number of aliphatic carboxylic acids is 1. The van der Waals surface area contributed by atoms with Gasteiger partial charge in [0.05, 0.1) is 5.41 Å². The lowest BCUT2D eigenvalue weighted by Crippen LogP contribution is -2.31. The Kier molecular flexibility index (Phi) is 7.39. The number of unbranched alkanes of at least 4 members (excludes halogenated alkanes) is 3. The second-order valence-electron chi connectivity index (χ2n) is 4.22. The quantitative estimate of drug-likeness (QED) is 0.583. The molecule has 0 aliphatic carbocycles. The lowest BCUT2D eigenvalue weighted by Gasteiger charge is -2.27. The number of aliphatic hydroxyl groups excluding tert-OH is 1. The zero-order valence-corrected chi connectivity index (χ0v) is 9.96. The van der Waals surface area contributed by atoms with E-state index < -0.39 is 11.4 Å². The number of carboxylic acid groups (broad SMARTS) is 1. The summed E-state index contributed by atoms with van der Waals surface area (Å²) in [6.07, 6.45) is 6.05. The standard InChI is InChI=1S/C12H24O3/c1-3-5-6-7-8-12(4-2,9-10-13)11(14)15/h13H,3-10H2,1-2H3,(H,14,15). The molecule has 0 aromatic heterocycles. The highest BCUT2D eigenvalue weighted by Crippen LogP contribution is 2.33. The minimum absolute atomic E-state index is 0.0338. The van der Waals surface area contributed by atoms with Crippen molar-refractivity contribution in [2.24, 2.45) is 5.41 Å². The maximum absolute atomic E-state index is 11.2. The Labute approximate surface area is 92.5 Å². The molecule has 15 heavy (non-hydrogen) atoms. The molecule has 0 aliphatic heterocycles. The van der Waals surface area contributed by atoms with Gasteiger partial charge in [-0.15, -0.1) is 0 Å². The number of carboxylic acids is 1. The first kappa shape index (κ1) is 14.4. The smallest absolute Gasteiger partial charge is 0.309 e. The molecule has 0 fully saturated rings. The summed E-state index contributed by atoms with van der Waals surface area (Å²) in [7, 11) is 0. The zero-order valence-electron chi connectivity index (χ0n) is 9.96. The first-order valence-electron chi connectivity index (χ1n) is 5.97. The highest BCUT2D eigenvalue weighted by molar-refractivity contribution is 5.74. The van der Waals surface area contributed by atoms with Crippen molar-refractivity contribution in [1.29, 1.82) is 0 Å². The molecular formula is C12H24O3. The van der Waals surface area contributed by atoms with Crippen LogP contribution in [0.15, 0.2) is 0 Å². The Morgan fingerprint density at radius 2 is 1.80 bits per heavy atom. The third kappa shape index (κ3) is 4.65. The first-order chi connectivity index (χ1) is 7.13. The molecule has 0 saturated heterocycles. The van der Waals surface area contributed by atoms with Gasteiger partial charge in [0.2, 0.25) is 0 Å². The second-order valence-corrected chi connectivity index (χ2v) is 4.22. The number of aliphatic hydroxyl groups is 1. The molecule has 1 atom stereocenters. The van der Waals surface area contributed by atoms with Gasteiger partial charge in [-0.05, 0) is 19.3 Å². The number of rotatable bonds is 9. The normalized spacial score (nSPS) is 14.9. The molecule has 0 aromatic carbocycles. The van der Waals surface area contributed by atoms with Crippen molar-refractivity contribution in [1.82, 2.24) is 0 Å². The summed E-state index contributed by atoms with van der Waals surface area (Å²) < 4.78 is 0.